The van der Waals surface area contributed by atoms with Gasteiger partial charge in [0.15, 0.2) is 0 Å². The van der Waals surface area contributed by atoms with Crippen molar-refractivity contribution in [3.05, 3.63) is 95.3 Å². The number of nitrogens with zero attached hydrogens (tertiary/aromatic N) is 1. The lowest BCUT2D eigenvalue weighted by Crippen LogP contribution is -2.17. The molecule has 2 N–H and O–H groups in total. The number of phenols is 1. The fraction of sp³-hybridized carbons (Fsp3) is 0.0476. The first kappa shape index (κ1) is 18.1. The highest BCUT2D eigenvalue weighted by atomic mass is 19.1. The molecule has 0 bridgehead atoms. The van der Waals surface area contributed by atoms with E-state index >= 15 is 0 Å². The molecule has 0 radical (unpaired) electrons. The fourth-order valence-electron chi connectivity index (χ4n) is 2.32. The summed E-state index contributed by atoms with van der Waals surface area (Å²) in [5, 5.41) is 13.5. The summed E-state index contributed by atoms with van der Waals surface area (Å²) in [5.41, 5.74) is 4.09. The maximum absolute atomic E-state index is 12.9. The van der Waals surface area contributed by atoms with E-state index in [1.165, 1.54) is 30.5 Å². The number of para-hydroxylation sites is 1. The molecule has 5 nitrogen and oxygen atoms in total. The third-order valence-electron chi connectivity index (χ3n) is 3.71. The zero-order valence-corrected chi connectivity index (χ0v) is 14.3. The highest BCUT2D eigenvalue weighted by Crippen LogP contribution is 2.16. The highest BCUT2D eigenvalue weighted by Gasteiger charge is 2.08. The summed E-state index contributed by atoms with van der Waals surface area (Å²) >= 11 is 0. The van der Waals surface area contributed by atoms with Crippen molar-refractivity contribution in [3.8, 4) is 11.5 Å². The second-order valence-corrected chi connectivity index (χ2v) is 5.70. The van der Waals surface area contributed by atoms with Gasteiger partial charge in [0.25, 0.3) is 5.91 Å². The molecule has 3 aromatic carbocycles. The van der Waals surface area contributed by atoms with Gasteiger partial charge in [0, 0.05) is 0 Å². The van der Waals surface area contributed by atoms with E-state index < -0.39 is 5.91 Å². The second-order valence-electron chi connectivity index (χ2n) is 5.70. The van der Waals surface area contributed by atoms with E-state index in [2.05, 4.69) is 10.5 Å². The minimum Gasteiger partial charge on any atom is -0.507 e. The van der Waals surface area contributed by atoms with Gasteiger partial charge in [-0.3, -0.25) is 4.79 Å². The van der Waals surface area contributed by atoms with Gasteiger partial charge in [0.1, 0.15) is 23.9 Å². The molecular formula is C21H17FN2O3. The number of carbonyl (C=O) groups is 1. The largest absolute Gasteiger partial charge is 0.507 e. The van der Waals surface area contributed by atoms with E-state index in [9.17, 15) is 14.3 Å². The third-order valence-corrected chi connectivity index (χ3v) is 3.71. The van der Waals surface area contributed by atoms with Crippen LogP contribution in [0.3, 0.4) is 0 Å². The number of hydrazone groups is 1. The Bertz CT molecular complexity index is 956. The van der Waals surface area contributed by atoms with E-state index in [-0.39, 0.29) is 17.1 Å². The smallest absolute Gasteiger partial charge is 0.275 e. The zero-order valence-electron chi connectivity index (χ0n) is 14.3. The predicted molar refractivity (Wildman–Crippen MR) is 100 cm³/mol. The lowest BCUT2D eigenvalue weighted by atomic mass is 10.2. The number of nitrogens with one attached hydrogen (secondary N) is 1. The molecular weight excluding hydrogens is 347 g/mol. The van der Waals surface area contributed by atoms with Gasteiger partial charge in [0.2, 0.25) is 0 Å². The molecule has 0 fully saturated rings. The number of hydrogen-bond acceptors (Lipinski definition) is 4. The highest BCUT2D eigenvalue weighted by molar-refractivity contribution is 5.97. The summed E-state index contributed by atoms with van der Waals surface area (Å²) in [6.45, 7) is 0.310. The Morgan fingerprint density at radius 3 is 2.63 bits per heavy atom. The molecule has 1 amide bonds. The van der Waals surface area contributed by atoms with Gasteiger partial charge >= 0.3 is 0 Å². The number of rotatable bonds is 6. The maximum Gasteiger partial charge on any atom is 0.275 e. The van der Waals surface area contributed by atoms with Crippen LogP contribution in [0.4, 0.5) is 4.39 Å². The Labute approximate surface area is 155 Å². The second kappa shape index (κ2) is 8.62. The fourth-order valence-corrected chi connectivity index (χ4v) is 2.32. The van der Waals surface area contributed by atoms with E-state index in [1.807, 2.05) is 0 Å². The van der Waals surface area contributed by atoms with E-state index in [0.29, 0.717) is 12.4 Å². The molecule has 136 valence electrons. The summed E-state index contributed by atoms with van der Waals surface area (Å²) in [6, 6.07) is 19.5. The SMILES string of the molecule is O=C(N/N=C\c1cccc(OCc2ccc(F)cc2)c1)c1ccccc1O. The van der Waals surface area contributed by atoms with Crippen molar-refractivity contribution in [1.82, 2.24) is 5.43 Å². The van der Waals surface area contributed by atoms with Crippen LogP contribution >= 0.6 is 0 Å². The van der Waals surface area contributed by atoms with Crippen LogP contribution in [-0.4, -0.2) is 17.2 Å². The standard InChI is InChI=1S/C21H17FN2O3/c22-17-10-8-15(9-11-17)14-27-18-5-3-4-16(12-18)13-23-24-21(26)19-6-1-2-7-20(19)25/h1-13,25H,14H2,(H,24,26)/b23-13-. The topological polar surface area (TPSA) is 70.9 Å². The first-order valence-corrected chi connectivity index (χ1v) is 8.20. The monoisotopic (exact) mass is 364 g/mol. The number of halogens is 1. The number of amides is 1. The third kappa shape index (κ3) is 5.15. The van der Waals surface area contributed by atoms with Crippen molar-refractivity contribution in [3.63, 3.8) is 0 Å². The van der Waals surface area contributed by atoms with Crippen molar-refractivity contribution in [1.29, 1.82) is 0 Å². The summed E-state index contributed by atoms with van der Waals surface area (Å²) in [4.78, 5) is 12.0. The average Bonchev–Trinajstić information content (AvgIpc) is 2.68. The van der Waals surface area contributed by atoms with E-state index in [4.69, 9.17) is 4.74 Å². The van der Waals surface area contributed by atoms with E-state index in [1.54, 1.807) is 48.5 Å². The summed E-state index contributed by atoms with van der Waals surface area (Å²) in [5.74, 6) is -0.285. The first-order chi connectivity index (χ1) is 13.1. The average molecular weight is 364 g/mol. The molecule has 0 saturated heterocycles. The van der Waals surface area contributed by atoms with Gasteiger partial charge in [-0.05, 0) is 47.5 Å². The minimum atomic E-state index is -0.506. The number of ether oxygens (including phenoxy) is 1. The van der Waals surface area contributed by atoms with Crippen LogP contribution in [0.15, 0.2) is 77.9 Å². The molecule has 0 aliphatic rings. The Morgan fingerprint density at radius 1 is 1.07 bits per heavy atom. The van der Waals surface area contributed by atoms with Crippen LogP contribution in [0.2, 0.25) is 0 Å². The normalized spacial score (nSPS) is 10.7. The van der Waals surface area contributed by atoms with Crippen molar-refractivity contribution in [2.75, 3.05) is 0 Å². The number of aromatic hydroxyl groups is 1. The molecule has 0 heterocycles. The Balaban J connectivity index is 1.58. The molecule has 3 rings (SSSR count). The lowest BCUT2D eigenvalue weighted by molar-refractivity contribution is 0.0952. The van der Waals surface area contributed by atoms with Gasteiger partial charge in [-0.15, -0.1) is 0 Å². The summed E-state index contributed by atoms with van der Waals surface area (Å²) in [7, 11) is 0. The van der Waals surface area contributed by atoms with Crippen molar-refractivity contribution in [2.24, 2.45) is 5.10 Å². The summed E-state index contributed by atoms with van der Waals surface area (Å²) in [6.07, 6.45) is 1.47. The molecule has 0 atom stereocenters. The van der Waals surface area contributed by atoms with Crippen LogP contribution in [-0.2, 0) is 6.61 Å². The predicted octanol–water partition coefficient (Wildman–Crippen LogP) is 3.87. The van der Waals surface area contributed by atoms with Gasteiger partial charge in [-0.2, -0.15) is 5.10 Å². The molecule has 0 saturated carbocycles. The zero-order chi connectivity index (χ0) is 19.1. The van der Waals surface area contributed by atoms with Gasteiger partial charge < -0.3 is 9.84 Å². The maximum atomic E-state index is 12.9. The molecule has 0 aliphatic carbocycles. The Hall–Kier alpha value is -3.67. The van der Waals surface area contributed by atoms with Crippen LogP contribution in [0.25, 0.3) is 0 Å². The number of hydrogen-bond donors (Lipinski definition) is 2. The van der Waals surface area contributed by atoms with Crippen molar-refractivity contribution in [2.45, 2.75) is 6.61 Å². The quantitative estimate of drug-likeness (QED) is 0.515. The molecule has 27 heavy (non-hydrogen) atoms. The van der Waals surface area contributed by atoms with Crippen LogP contribution in [0, 0.1) is 5.82 Å². The molecule has 0 aliphatic heterocycles. The molecule has 6 heteroatoms. The van der Waals surface area contributed by atoms with Gasteiger partial charge in [-0.1, -0.05) is 36.4 Å². The molecule has 3 aromatic rings. The Morgan fingerprint density at radius 2 is 1.85 bits per heavy atom. The number of phenolic OH excluding ortho intramolecular Hbond substituents is 1. The van der Waals surface area contributed by atoms with Crippen LogP contribution in [0.1, 0.15) is 21.5 Å². The number of benzene rings is 3. The summed E-state index contributed by atoms with van der Waals surface area (Å²) < 4.78 is 18.6. The van der Waals surface area contributed by atoms with Crippen molar-refractivity contribution >= 4 is 12.1 Å². The van der Waals surface area contributed by atoms with Crippen LogP contribution in [0.5, 0.6) is 11.5 Å². The minimum absolute atomic E-state index is 0.110. The molecule has 0 aromatic heterocycles. The number of carbonyl (C=O) groups excluding carboxylic acids is 1. The van der Waals surface area contributed by atoms with Gasteiger partial charge in [0.05, 0.1) is 11.8 Å². The van der Waals surface area contributed by atoms with E-state index in [0.717, 1.165) is 11.1 Å². The van der Waals surface area contributed by atoms with Crippen LogP contribution < -0.4 is 10.2 Å². The first-order valence-electron chi connectivity index (χ1n) is 8.20. The molecule has 0 spiro atoms. The van der Waals surface area contributed by atoms with Crippen molar-refractivity contribution < 1.29 is 19.0 Å². The Kier molecular flexibility index (Phi) is 5.79. The van der Waals surface area contributed by atoms with Gasteiger partial charge in [-0.25, -0.2) is 9.82 Å². The lowest BCUT2D eigenvalue weighted by Gasteiger charge is -2.07. The molecule has 0 unspecified atom stereocenters.